The van der Waals surface area contributed by atoms with Gasteiger partial charge in [0.05, 0.1) is 26.3 Å². The van der Waals surface area contributed by atoms with Crippen LogP contribution in [0.15, 0.2) is 0 Å². The second-order valence-corrected chi connectivity index (χ2v) is 14.7. The van der Waals surface area contributed by atoms with Crippen LogP contribution in [0.3, 0.4) is 0 Å². The number of hydrogen-bond donors (Lipinski definition) is 2. The maximum Gasteiger partial charge on any atom is 0.374 e. The third kappa shape index (κ3) is 261. The van der Waals surface area contributed by atoms with E-state index in [0.29, 0.717) is 5.05 Å². The monoisotopic (exact) mass is 929 g/mol. The highest BCUT2D eigenvalue weighted by Gasteiger charge is 2.03. The van der Waals surface area contributed by atoms with E-state index in [2.05, 4.69) is 73.7 Å². The van der Waals surface area contributed by atoms with Gasteiger partial charge >= 0.3 is 11.9 Å². The Balaban J connectivity index is -0.0000000455. The van der Waals surface area contributed by atoms with Crippen LogP contribution in [0.4, 0.5) is 0 Å². The molecule has 0 aliphatic carbocycles. The van der Waals surface area contributed by atoms with Crippen LogP contribution in [-0.2, 0) is 57.4 Å². The van der Waals surface area contributed by atoms with Gasteiger partial charge in [0.2, 0.25) is 17.6 Å². The molecule has 2 N–H and O–H groups in total. The fourth-order valence-electron chi connectivity index (χ4n) is 0.144. The van der Waals surface area contributed by atoms with E-state index in [9.17, 15) is 43.2 Å². The van der Waals surface area contributed by atoms with Crippen molar-refractivity contribution in [2.45, 2.75) is 96.9 Å². The first-order valence-corrected chi connectivity index (χ1v) is 19.9. The van der Waals surface area contributed by atoms with Crippen molar-refractivity contribution in [2.24, 2.45) is 0 Å². The number of amides is 2. The summed E-state index contributed by atoms with van der Waals surface area (Å²) in [6.45, 7) is 21.9. The Hall–Kier alpha value is -3.11. The third-order valence-electron chi connectivity index (χ3n) is 3.45. The van der Waals surface area contributed by atoms with Crippen LogP contribution in [0.1, 0.15) is 96.9 Å². The van der Waals surface area contributed by atoms with Gasteiger partial charge in [-0.2, -0.15) is 0 Å². The Morgan fingerprint density at radius 3 is 0.719 bits per heavy atom. The predicted molar refractivity (Wildman–Crippen MR) is 255 cm³/mol. The summed E-state index contributed by atoms with van der Waals surface area (Å²) in [7, 11) is 10.9. The number of Topliss-reactive ketones (excluding diaryl/α,β-unsaturated/α-hetero) is 4. The molecule has 0 unspecified atom stereocenters. The quantitative estimate of drug-likeness (QED) is 0.183. The highest BCUT2D eigenvalue weighted by atomic mass is 32.2. The Morgan fingerprint density at radius 1 is 0.526 bits per heavy atom. The molecule has 0 aromatic rings. The number of thioether (sulfide) groups is 2. The lowest BCUT2D eigenvalue weighted by atomic mass is 10.3. The van der Waals surface area contributed by atoms with E-state index in [1.54, 1.807) is 60.1 Å². The predicted octanol–water partition coefficient (Wildman–Crippen LogP) is 6.06. The van der Waals surface area contributed by atoms with Crippen molar-refractivity contribution >= 4 is 143 Å². The van der Waals surface area contributed by atoms with E-state index in [1.165, 1.54) is 79.3 Å². The number of carbonyl (C=O) groups is 9. The van der Waals surface area contributed by atoms with Gasteiger partial charge in [0.15, 0.2) is 21.7 Å². The van der Waals surface area contributed by atoms with Crippen LogP contribution < -0.4 is 10.6 Å². The first-order chi connectivity index (χ1) is 25.6. The van der Waals surface area contributed by atoms with E-state index >= 15 is 0 Å². The van der Waals surface area contributed by atoms with E-state index < -0.39 is 11.8 Å². The van der Waals surface area contributed by atoms with Crippen LogP contribution in [-0.4, -0.2) is 138 Å². The molecule has 0 aliphatic heterocycles. The summed E-state index contributed by atoms with van der Waals surface area (Å²) in [6, 6.07) is 0. The van der Waals surface area contributed by atoms with Crippen molar-refractivity contribution in [3.63, 3.8) is 0 Å². The Morgan fingerprint density at radius 2 is 0.719 bits per heavy atom. The molecule has 0 saturated heterocycles. The average Bonchev–Trinajstić information content (AvgIpc) is 3.09. The number of nitrogens with one attached hydrogen (secondary N) is 2. The van der Waals surface area contributed by atoms with Crippen molar-refractivity contribution in [1.82, 2.24) is 15.5 Å². The fraction of sp³-hybridized carbons (Fsp3) is 0.639. The van der Waals surface area contributed by atoms with Gasteiger partial charge in [-0.3, -0.25) is 33.6 Å². The minimum Gasteiger partial charge on any atom is -0.491 e. The van der Waals surface area contributed by atoms with Crippen LogP contribution in [0, 0.1) is 0 Å². The van der Waals surface area contributed by atoms with Gasteiger partial charge in [-0.15, -0.1) is 11.8 Å². The summed E-state index contributed by atoms with van der Waals surface area (Å²) in [6.07, 6.45) is 3.74. The molecule has 0 bridgehead atoms. The smallest absolute Gasteiger partial charge is 0.374 e. The highest BCUT2D eigenvalue weighted by Crippen LogP contribution is 1.92. The molecule has 338 valence electrons. The normalized spacial score (nSPS) is 7.21. The van der Waals surface area contributed by atoms with Crippen LogP contribution >= 0.6 is 72.4 Å². The van der Waals surface area contributed by atoms with Gasteiger partial charge in [0.1, 0.15) is 5.78 Å². The summed E-state index contributed by atoms with van der Waals surface area (Å²) in [4.78, 5) is 91.4. The van der Waals surface area contributed by atoms with Gasteiger partial charge in [-0.25, -0.2) is 4.79 Å². The highest BCUT2D eigenvalue weighted by molar-refractivity contribution is 8.22. The molecule has 0 aromatic heterocycles. The lowest BCUT2D eigenvalue weighted by molar-refractivity contribution is -0.150. The first kappa shape index (κ1) is 81.9. The van der Waals surface area contributed by atoms with E-state index in [4.69, 9.17) is 0 Å². The number of ketones is 4. The van der Waals surface area contributed by atoms with Crippen molar-refractivity contribution in [3.05, 3.63) is 0 Å². The summed E-state index contributed by atoms with van der Waals surface area (Å²) in [5.41, 5.74) is 0. The maximum absolute atomic E-state index is 10.1. The topological polar surface area (TPSA) is 209 Å². The number of carbonyl (C=O) groups excluding carboxylic acids is 9. The summed E-state index contributed by atoms with van der Waals surface area (Å²) < 4.78 is 13.6. The molecule has 0 rings (SSSR count). The van der Waals surface area contributed by atoms with E-state index in [1.807, 2.05) is 41.0 Å². The van der Waals surface area contributed by atoms with Gasteiger partial charge in [0, 0.05) is 87.8 Å². The lowest BCUT2D eigenvalue weighted by Gasteiger charge is -2.02. The molecule has 15 nitrogen and oxygen atoms in total. The molecule has 57 heavy (non-hydrogen) atoms. The molecule has 0 aromatic carbocycles. The number of ether oxygens (including phenoxy) is 3. The molecule has 0 aliphatic rings. The average molecular weight is 930 g/mol. The summed E-state index contributed by atoms with van der Waals surface area (Å²) in [5, 5.41) is 5.91. The van der Waals surface area contributed by atoms with Gasteiger partial charge < -0.3 is 34.5 Å². The Bertz CT molecular complexity index is 1030. The number of nitrogens with zero attached hydrogens (tertiary/aromatic N) is 1. The number of hydrogen-bond acceptors (Lipinski definition) is 18. The Kier molecular flexibility index (Phi) is 97.2. The zero-order chi connectivity index (χ0) is 49.0. The van der Waals surface area contributed by atoms with Crippen LogP contribution in [0.25, 0.3) is 0 Å². The molecule has 21 heteroatoms. The lowest BCUT2D eigenvalue weighted by Crippen LogP contribution is -2.17. The van der Waals surface area contributed by atoms with Crippen molar-refractivity contribution in [3.8, 4) is 0 Å². The molecule has 0 heterocycles. The molecule has 2 amide bonds. The number of methoxy groups -OCH3 is 3. The molecule has 0 fully saturated rings. The fourth-order valence-corrected chi connectivity index (χ4v) is 0.144. The standard InChI is InChI=1S/C4H9NO.C4H6O3.C4H6O2.C3H7NO.C3H7NS.C3H6O2.2C3H6OS.C3H6O.C3H6S2.C3H6S/c1-4(6)5(2)3;1-3(5)4(6)7-2;1-3(5)4(2)6;2*1-3(5)4-2;2*1-3(4)5-2;1-3(5)4-2;1-3(2)4;1-3(4)5-2;1-3(2)4/h1-3H3;1-2H3;1-2H3;2*1-2H3,(H,4,5);3*1-2H3;1-2H3;1-2H3;1-2H3. The molecule has 0 atom stereocenters. The minimum atomic E-state index is -0.792. The van der Waals surface area contributed by atoms with Gasteiger partial charge in [0.25, 0.3) is 0 Å². The van der Waals surface area contributed by atoms with Crippen molar-refractivity contribution in [1.29, 1.82) is 0 Å². The molecular formula is C36H71N3O12S6. The molecule has 0 spiro atoms. The van der Waals surface area contributed by atoms with Gasteiger partial charge in [-0.05, 0) is 71.1 Å². The minimum absolute atomic E-state index is 0.00463. The SMILES string of the molecule is CC(=O)C(C)=O.CC(=O)N(C)C.CC(C)=O.CC(C)=S.CNC(C)=O.CNC(C)=S.COC(=O)C(C)=O.COC(C)=O.COC(C)=S.CSC(C)=O.CSC(C)=S. The zero-order valence-electron chi connectivity index (χ0n) is 38.3. The number of esters is 2. The second kappa shape index (κ2) is 67.6. The summed E-state index contributed by atoms with van der Waals surface area (Å²) in [5.74, 6) is -2.10. The molecule has 0 radical (unpaired) electrons. The van der Waals surface area contributed by atoms with Crippen LogP contribution in [0.2, 0.25) is 0 Å². The number of thiocarbonyl (C=S) groups is 4. The molecule has 0 saturated carbocycles. The first-order valence-electron chi connectivity index (χ1n) is 15.8. The zero-order valence-corrected chi connectivity index (χ0v) is 43.2. The maximum atomic E-state index is 10.1. The third-order valence-corrected chi connectivity index (χ3v) is 5.47. The van der Waals surface area contributed by atoms with Crippen LogP contribution in [0.5, 0.6) is 0 Å². The van der Waals surface area contributed by atoms with E-state index in [0.717, 1.165) is 21.0 Å². The largest absolute Gasteiger partial charge is 0.491 e. The summed E-state index contributed by atoms with van der Waals surface area (Å²) >= 11 is 21.1. The number of rotatable bonds is 2. The second-order valence-electron chi connectivity index (χ2n) is 9.79. The van der Waals surface area contributed by atoms with E-state index in [-0.39, 0.29) is 40.2 Å². The van der Waals surface area contributed by atoms with Crippen molar-refractivity contribution in [2.75, 3.05) is 62.0 Å². The van der Waals surface area contributed by atoms with Gasteiger partial charge in [-0.1, -0.05) is 48.4 Å². The Labute approximate surface area is 373 Å². The molecular weight excluding hydrogens is 859 g/mol. The van der Waals surface area contributed by atoms with Crippen molar-refractivity contribution < 1.29 is 57.4 Å².